The number of anilines is 1. The monoisotopic (exact) mass is 608 g/mol. The van der Waals surface area contributed by atoms with Gasteiger partial charge in [-0.3, -0.25) is 19.2 Å². The summed E-state index contributed by atoms with van der Waals surface area (Å²) in [5, 5.41) is 19.3. The molecule has 9 N–H and O–H groups in total. The van der Waals surface area contributed by atoms with Crippen LogP contribution >= 0.6 is 15.9 Å². The van der Waals surface area contributed by atoms with Crippen molar-refractivity contribution in [3.63, 3.8) is 0 Å². The fourth-order valence-corrected chi connectivity index (χ4v) is 3.48. The molecule has 0 aromatic heterocycles. The first-order valence-electron chi connectivity index (χ1n) is 12.7. The van der Waals surface area contributed by atoms with Crippen LogP contribution < -0.4 is 22.5 Å². The van der Waals surface area contributed by atoms with Gasteiger partial charge in [0.1, 0.15) is 12.3 Å². The fourth-order valence-electron chi connectivity index (χ4n) is 3.22. The third-order valence-corrected chi connectivity index (χ3v) is 5.85. The third kappa shape index (κ3) is 20.5. The Morgan fingerprint density at radius 3 is 1.97 bits per heavy atom. The van der Waals surface area contributed by atoms with Crippen molar-refractivity contribution in [3.05, 3.63) is 64.1 Å². The van der Waals surface area contributed by atoms with E-state index in [1.54, 1.807) is 36.4 Å². The summed E-state index contributed by atoms with van der Waals surface area (Å²) in [5.41, 5.74) is 18.0. The van der Waals surface area contributed by atoms with E-state index >= 15 is 0 Å². The number of benzene rings is 2. The van der Waals surface area contributed by atoms with Crippen molar-refractivity contribution in [2.75, 3.05) is 11.9 Å². The number of hydrogen-bond donors (Lipinski definition) is 6. The predicted molar refractivity (Wildman–Crippen MR) is 157 cm³/mol. The predicted octanol–water partition coefficient (Wildman–Crippen LogP) is 3.95. The first-order valence-corrected chi connectivity index (χ1v) is 13.5. The molecule has 1 aliphatic carbocycles. The van der Waals surface area contributed by atoms with Crippen molar-refractivity contribution in [2.24, 2.45) is 17.2 Å². The molecule has 0 aliphatic heterocycles. The number of halogens is 1. The second-order valence-corrected chi connectivity index (χ2v) is 9.81. The van der Waals surface area contributed by atoms with Gasteiger partial charge in [-0.1, -0.05) is 47.3 Å². The van der Waals surface area contributed by atoms with Gasteiger partial charge in [0.15, 0.2) is 0 Å². The topological polar surface area (TPSA) is 199 Å². The molecule has 0 saturated heterocycles. The zero-order chi connectivity index (χ0) is 29.6. The average Bonchev–Trinajstić information content (AvgIpc) is 2.90. The summed E-state index contributed by atoms with van der Waals surface area (Å²) in [7, 11) is 0. The standard InChI is InChI=1S/C9H9NO2.C8H7BrO2.C6H13N.C5H12N2O2/c1-7(12)10-9-4-2-8(6-11)3-5-9;9-7-3-1-6(2-4-7)5-8(10)11;7-6-4-2-1-3-5-6;6-3-1-2-4(7)5(8)9/h2-6H,1H3,(H,10,12);1-4H,5H2,(H,10,11);6H,1-5,7H2;4H,1-3,6-7H2,(H,8,9). The molecule has 3 rings (SSSR count). The Hall–Kier alpha value is -3.12. The van der Waals surface area contributed by atoms with E-state index in [4.69, 9.17) is 27.4 Å². The van der Waals surface area contributed by atoms with Gasteiger partial charge in [-0.2, -0.15) is 0 Å². The summed E-state index contributed by atoms with van der Waals surface area (Å²) in [6, 6.07) is 13.7. The Balaban J connectivity index is 0.000000503. The molecule has 0 radical (unpaired) electrons. The molecule has 0 bridgehead atoms. The molecule has 2 aromatic rings. The molecule has 1 unspecified atom stereocenters. The van der Waals surface area contributed by atoms with E-state index < -0.39 is 18.0 Å². The lowest BCUT2D eigenvalue weighted by molar-refractivity contribution is -0.139. The Labute approximate surface area is 238 Å². The number of rotatable bonds is 8. The molecule has 2 aromatic carbocycles. The second kappa shape index (κ2) is 21.8. The van der Waals surface area contributed by atoms with Gasteiger partial charge in [0.05, 0.1) is 6.42 Å². The Morgan fingerprint density at radius 1 is 1.03 bits per heavy atom. The van der Waals surface area contributed by atoms with Crippen LogP contribution in [0.3, 0.4) is 0 Å². The molecular weight excluding hydrogens is 568 g/mol. The van der Waals surface area contributed by atoms with Gasteiger partial charge >= 0.3 is 11.9 Å². The van der Waals surface area contributed by atoms with E-state index in [0.717, 1.165) is 16.3 Å². The van der Waals surface area contributed by atoms with Crippen molar-refractivity contribution >= 4 is 45.7 Å². The van der Waals surface area contributed by atoms with E-state index in [-0.39, 0.29) is 12.3 Å². The van der Waals surface area contributed by atoms with Crippen molar-refractivity contribution in [3.8, 4) is 0 Å². The molecule has 0 heterocycles. The molecule has 39 heavy (non-hydrogen) atoms. The molecule has 11 heteroatoms. The second-order valence-electron chi connectivity index (χ2n) is 8.89. The van der Waals surface area contributed by atoms with E-state index in [9.17, 15) is 19.2 Å². The van der Waals surface area contributed by atoms with E-state index in [1.807, 2.05) is 12.1 Å². The summed E-state index contributed by atoms with van der Waals surface area (Å²) in [6.07, 6.45) is 8.65. The van der Waals surface area contributed by atoms with Crippen molar-refractivity contribution < 1.29 is 29.4 Å². The Morgan fingerprint density at radius 2 is 1.59 bits per heavy atom. The number of amides is 1. The van der Waals surface area contributed by atoms with Gasteiger partial charge in [-0.05, 0) is 74.2 Å². The zero-order valence-electron chi connectivity index (χ0n) is 22.4. The highest BCUT2D eigenvalue weighted by molar-refractivity contribution is 9.10. The first-order chi connectivity index (χ1) is 18.5. The average molecular weight is 610 g/mol. The number of nitrogens with one attached hydrogen (secondary N) is 1. The Kier molecular flexibility index (Phi) is 20.0. The summed E-state index contributed by atoms with van der Waals surface area (Å²) >= 11 is 3.26. The van der Waals surface area contributed by atoms with Gasteiger partial charge in [-0.25, -0.2) is 0 Å². The van der Waals surface area contributed by atoms with Crippen molar-refractivity contribution in [2.45, 2.75) is 70.4 Å². The fraction of sp³-hybridized carbons (Fsp3) is 0.429. The molecule has 1 fully saturated rings. The highest BCUT2D eigenvalue weighted by Gasteiger charge is 2.09. The van der Waals surface area contributed by atoms with E-state index in [0.29, 0.717) is 36.7 Å². The van der Waals surface area contributed by atoms with Crippen LogP contribution in [-0.2, 0) is 20.8 Å². The highest BCUT2D eigenvalue weighted by Crippen LogP contribution is 2.15. The van der Waals surface area contributed by atoms with Crippen molar-refractivity contribution in [1.29, 1.82) is 0 Å². The lowest BCUT2D eigenvalue weighted by Crippen LogP contribution is -2.30. The number of carbonyl (C=O) groups excluding carboxylic acids is 2. The summed E-state index contributed by atoms with van der Waals surface area (Å²) < 4.78 is 0.964. The van der Waals surface area contributed by atoms with Crippen LogP contribution in [0.4, 0.5) is 5.69 Å². The number of nitrogens with two attached hydrogens (primary N) is 3. The van der Waals surface area contributed by atoms with Gasteiger partial charge in [0.2, 0.25) is 5.91 Å². The van der Waals surface area contributed by atoms with Crippen LogP contribution in [0.25, 0.3) is 0 Å². The molecule has 10 nitrogen and oxygen atoms in total. The zero-order valence-corrected chi connectivity index (χ0v) is 23.9. The minimum Gasteiger partial charge on any atom is -0.481 e. The molecule has 0 spiro atoms. The summed E-state index contributed by atoms with van der Waals surface area (Å²) in [4.78, 5) is 41.1. The molecular formula is C28H41BrN4O6. The largest absolute Gasteiger partial charge is 0.481 e. The maximum absolute atomic E-state index is 10.6. The molecule has 1 amide bonds. The normalized spacial score (nSPS) is 13.1. The minimum absolute atomic E-state index is 0.0906. The first kappa shape index (κ1) is 35.9. The minimum atomic E-state index is -0.955. The van der Waals surface area contributed by atoms with Crippen LogP contribution in [-0.4, -0.2) is 53.0 Å². The SMILES string of the molecule is CC(=O)Nc1ccc(C=O)cc1.NC1CCCCC1.NCCCC(N)C(=O)O.O=C(O)Cc1ccc(Br)cc1. The van der Waals surface area contributed by atoms with E-state index in [2.05, 4.69) is 21.2 Å². The summed E-state index contributed by atoms with van der Waals surface area (Å²) in [6.45, 7) is 1.94. The number of carboxylic acid groups (broad SMARTS) is 2. The lowest BCUT2D eigenvalue weighted by Gasteiger charge is -2.15. The maximum atomic E-state index is 10.6. The molecule has 216 valence electrons. The summed E-state index contributed by atoms with van der Waals surface area (Å²) in [5.74, 6) is -1.87. The van der Waals surface area contributed by atoms with Gasteiger partial charge in [0.25, 0.3) is 0 Å². The van der Waals surface area contributed by atoms with Crippen LogP contribution in [0.2, 0.25) is 0 Å². The maximum Gasteiger partial charge on any atom is 0.320 e. The van der Waals surface area contributed by atoms with Gasteiger partial charge < -0.3 is 32.7 Å². The van der Waals surface area contributed by atoms with Crippen molar-refractivity contribution in [1.82, 2.24) is 0 Å². The quantitative estimate of drug-likeness (QED) is 0.240. The van der Waals surface area contributed by atoms with Crippen LogP contribution in [0.5, 0.6) is 0 Å². The van der Waals surface area contributed by atoms with Crippen LogP contribution in [0.15, 0.2) is 53.0 Å². The number of aldehydes is 1. The Bertz CT molecular complexity index is 981. The smallest absolute Gasteiger partial charge is 0.320 e. The highest BCUT2D eigenvalue weighted by atomic mass is 79.9. The number of hydrogen-bond acceptors (Lipinski definition) is 7. The number of carboxylic acids is 2. The molecule has 1 atom stereocenters. The lowest BCUT2D eigenvalue weighted by atomic mass is 9.97. The van der Waals surface area contributed by atoms with Gasteiger partial charge in [0, 0.05) is 28.7 Å². The molecule has 1 aliphatic rings. The third-order valence-electron chi connectivity index (χ3n) is 5.32. The number of aliphatic carboxylic acids is 2. The van der Waals surface area contributed by atoms with Crippen LogP contribution in [0, 0.1) is 0 Å². The van der Waals surface area contributed by atoms with Crippen LogP contribution in [0.1, 0.15) is 67.8 Å². The van der Waals surface area contributed by atoms with E-state index in [1.165, 1.54) is 39.0 Å². The number of carbonyl (C=O) groups is 4. The van der Waals surface area contributed by atoms with Gasteiger partial charge in [-0.15, -0.1) is 0 Å². The molecule has 1 saturated carbocycles.